The molecular formula is C9H14O2S. The summed E-state index contributed by atoms with van der Waals surface area (Å²) >= 11 is 1.66. The summed E-state index contributed by atoms with van der Waals surface area (Å²) < 4.78 is 4.58. The first kappa shape index (κ1) is 11.4. The van der Waals surface area contributed by atoms with E-state index in [-0.39, 0.29) is 11.9 Å². The lowest BCUT2D eigenvalue weighted by Gasteiger charge is -2.06. The van der Waals surface area contributed by atoms with Crippen molar-refractivity contribution in [2.45, 2.75) is 13.8 Å². The van der Waals surface area contributed by atoms with E-state index in [2.05, 4.69) is 16.6 Å². The average Bonchev–Trinajstić information content (AvgIpc) is 2.10. The lowest BCUT2D eigenvalue weighted by Crippen LogP contribution is -2.14. The highest BCUT2D eigenvalue weighted by Gasteiger charge is 2.11. The zero-order valence-corrected chi connectivity index (χ0v) is 8.53. The maximum atomic E-state index is 10.9. The van der Waals surface area contributed by atoms with Gasteiger partial charge >= 0.3 is 5.97 Å². The van der Waals surface area contributed by atoms with Gasteiger partial charge in [0.1, 0.15) is 0 Å². The van der Waals surface area contributed by atoms with E-state index >= 15 is 0 Å². The number of hydrogen-bond donors (Lipinski definition) is 0. The third kappa shape index (κ3) is 5.09. The van der Waals surface area contributed by atoms with Gasteiger partial charge in [-0.05, 0) is 6.92 Å². The van der Waals surface area contributed by atoms with Crippen molar-refractivity contribution in [3.05, 3.63) is 0 Å². The number of hydrogen-bond acceptors (Lipinski definition) is 3. The van der Waals surface area contributed by atoms with Gasteiger partial charge in [-0.2, -0.15) is 0 Å². The molecule has 0 rings (SSSR count). The highest BCUT2D eigenvalue weighted by molar-refractivity contribution is 7.99. The van der Waals surface area contributed by atoms with Crippen molar-refractivity contribution in [3.8, 4) is 11.8 Å². The Balaban J connectivity index is 3.47. The molecule has 0 aromatic heterocycles. The van der Waals surface area contributed by atoms with Gasteiger partial charge in [-0.15, -0.1) is 17.7 Å². The smallest absolute Gasteiger partial charge is 0.309 e. The summed E-state index contributed by atoms with van der Waals surface area (Å²) in [5, 5.41) is 0. The quantitative estimate of drug-likeness (QED) is 0.378. The van der Waals surface area contributed by atoms with Crippen LogP contribution in [-0.2, 0) is 9.53 Å². The molecule has 0 saturated carbocycles. The minimum atomic E-state index is -0.146. The predicted molar refractivity (Wildman–Crippen MR) is 52.0 cm³/mol. The van der Waals surface area contributed by atoms with Crippen LogP contribution in [0.4, 0.5) is 0 Å². The van der Waals surface area contributed by atoms with Crippen LogP contribution in [0, 0.1) is 17.8 Å². The molecule has 1 unspecified atom stereocenters. The van der Waals surface area contributed by atoms with Crippen LogP contribution < -0.4 is 0 Å². The summed E-state index contributed by atoms with van der Waals surface area (Å²) in [6, 6.07) is 0. The van der Waals surface area contributed by atoms with Gasteiger partial charge in [0.05, 0.1) is 18.8 Å². The highest BCUT2D eigenvalue weighted by Crippen LogP contribution is 2.08. The van der Waals surface area contributed by atoms with Crippen LogP contribution in [0.2, 0.25) is 0 Å². The predicted octanol–water partition coefficient (Wildman–Crippen LogP) is 1.55. The van der Waals surface area contributed by atoms with Crippen molar-refractivity contribution in [1.82, 2.24) is 0 Å². The molecule has 0 fully saturated rings. The molecule has 0 aliphatic heterocycles. The molecule has 0 saturated heterocycles. The van der Waals surface area contributed by atoms with Gasteiger partial charge in [0.15, 0.2) is 0 Å². The Morgan fingerprint density at radius 2 is 2.33 bits per heavy atom. The molecule has 0 N–H and O–H groups in total. The van der Waals surface area contributed by atoms with Crippen molar-refractivity contribution in [1.29, 1.82) is 0 Å². The van der Waals surface area contributed by atoms with E-state index in [0.29, 0.717) is 0 Å². The third-order valence-corrected chi connectivity index (χ3v) is 2.41. The van der Waals surface area contributed by atoms with Gasteiger partial charge in [0.25, 0.3) is 0 Å². The summed E-state index contributed by atoms with van der Waals surface area (Å²) in [6.07, 6.45) is 0. The van der Waals surface area contributed by atoms with Crippen LogP contribution in [-0.4, -0.2) is 24.6 Å². The second kappa shape index (κ2) is 7.05. The fourth-order valence-corrected chi connectivity index (χ4v) is 1.48. The Morgan fingerprint density at radius 1 is 1.67 bits per heavy atom. The fourth-order valence-electron chi connectivity index (χ4n) is 0.628. The Bertz CT molecular complexity index is 190. The first-order valence-corrected chi connectivity index (χ1v) is 4.93. The molecule has 0 aromatic carbocycles. The number of carbonyl (C=O) groups excluding carboxylic acids is 1. The fraction of sp³-hybridized carbons (Fsp3) is 0.667. The van der Waals surface area contributed by atoms with Crippen molar-refractivity contribution < 1.29 is 9.53 Å². The van der Waals surface area contributed by atoms with Crippen LogP contribution in [0.25, 0.3) is 0 Å². The Labute approximate surface area is 78.1 Å². The lowest BCUT2D eigenvalue weighted by molar-refractivity contribution is -0.143. The summed E-state index contributed by atoms with van der Waals surface area (Å²) in [5.74, 6) is 7.11. The molecule has 2 nitrogen and oxygen atoms in total. The maximum Gasteiger partial charge on any atom is 0.309 e. The van der Waals surface area contributed by atoms with Gasteiger partial charge in [-0.3, -0.25) is 4.79 Å². The molecular weight excluding hydrogens is 172 g/mol. The standard InChI is InChI=1S/C9H14O2S/c1-4-5-6-12-7-8(2)9(10)11-3/h8H,6-7H2,1-3H3. The van der Waals surface area contributed by atoms with Crippen molar-refractivity contribution in [3.63, 3.8) is 0 Å². The van der Waals surface area contributed by atoms with Crippen LogP contribution in [0.3, 0.4) is 0 Å². The highest BCUT2D eigenvalue weighted by atomic mass is 32.2. The van der Waals surface area contributed by atoms with E-state index in [9.17, 15) is 4.79 Å². The van der Waals surface area contributed by atoms with E-state index in [4.69, 9.17) is 0 Å². The normalized spacial score (nSPS) is 11.2. The molecule has 1 atom stereocenters. The first-order chi connectivity index (χ1) is 5.72. The van der Waals surface area contributed by atoms with Crippen LogP contribution in [0.15, 0.2) is 0 Å². The summed E-state index contributed by atoms with van der Waals surface area (Å²) in [6.45, 7) is 3.67. The summed E-state index contributed by atoms with van der Waals surface area (Å²) in [4.78, 5) is 10.9. The molecule has 68 valence electrons. The van der Waals surface area contributed by atoms with Crippen molar-refractivity contribution >= 4 is 17.7 Å². The molecule has 3 heteroatoms. The van der Waals surface area contributed by atoms with Gasteiger partial charge in [0.2, 0.25) is 0 Å². The number of thioether (sulfide) groups is 1. The number of rotatable bonds is 4. The van der Waals surface area contributed by atoms with E-state index < -0.39 is 0 Å². The third-order valence-electron chi connectivity index (χ3n) is 1.32. The van der Waals surface area contributed by atoms with Crippen LogP contribution in [0.1, 0.15) is 13.8 Å². The summed E-state index contributed by atoms with van der Waals surface area (Å²) in [7, 11) is 1.41. The zero-order valence-electron chi connectivity index (χ0n) is 7.72. The minimum absolute atomic E-state index is 0.0290. The van der Waals surface area contributed by atoms with Gasteiger partial charge in [-0.1, -0.05) is 12.8 Å². The van der Waals surface area contributed by atoms with Gasteiger partial charge in [0, 0.05) is 5.75 Å². The second-order valence-corrected chi connectivity index (χ2v) is 3.40. The number of methoxy groups -OCH3 is 1. The largest absolute Gasteiger partial charge is 0.469 e. The van der Waals surface area contributed by atoms with Gasteiger partial charge in [-0.25, -0.2) is 0 Å². The number of esters is 1. The topological polar surface area (TPSA) is 26.3 Å². The minimum Gasteiger partial charge on any atom is -0.469 e. The molecule has 0 amide bonds. The lowest BCUT2D eigenvalue weighted by atomic mass is 10.2. The van der Waals surface area contributed by atoms with E-state index in [0.717, 1.165) is 11.5 Å². The van der Waals surface area contributed by atoms with E-state index in [1.165, 1.54) is 7.11 Å². The molecule has 0 radical (unpaired) electrons. The Kier molecular flexibility index (Phi) is 6.69. The van der Waals surface area contributed by atoms with Gasteiger partial charge < -0.3 is 4.74 Å². The molecule has 0 aliphatic rings. The second-order valence-electron chi connectivity index (χ2n) is 2.37. The maximum absolute atomic E-state index is 10.9. The number of carbonyl (C=O) groups is 1. The van der Waals surface area contributed by atoms with Crippen LogP contribution >= 0.6 is 11.8 Å². The molecule has 0 aromatic rings. The zero-order chi connectivity index (χ0) is 9.40. The SMILES string of the molecule is CC#CCSCC(C)C(=O)OC. The first-order valence-electron chi connectivity index (χ1n) is 3.77. The molecule has 0 spiro atoms. The van der Waals surface area contributed by atoms with Crippen molar-refractivity contribution in [2.75, 3.05) is 18.6 Å². The molecule has 0 aliphatic carbocycles. The monoisotopic (exact) mass is 186 g/mol. The molecule has 12 heavy (non-hydrogen) atoms. The van der Waals surface area contributed by atoms with Crippen LogP contribution in [0.5, 0.6) is 0 Å². The van der Waals surface area contributed by atoms with Crippen molar-refractivity contribution in [2.24, 2.45) is 5.92 Å². The number of ether oxygens (including phenoxy) is 1. The molecule has 0 bridgehead atoms. The van der Waals surface area contributed by atoms with E-state index in [1.807, 2.05) is 13.8 Å². The molecule has 0 heterocycles. The Hall–Kier alpha value is -0.620. The Morgan fingerprint density at radius 3 is 2.83 bits per heavy atom. The summed E-state index contributed by atoms with van der Waals surface area (Å²) in [5.41, 5.74) is 0. The average molecular weight is 186 g/mol. The van der Waals surface area contributed by atoms with E-state index in [1.54, 1.807) is 11.8 Å².